The molecule has 1 aromatic heterocycles. The number of carbonyl (C=O) groups is 2. The first kappa shape index (κ1) is 23.1. The van der Waals surface area contributed by atoms with Crippen LogP contribution in [0.15, 0.2) is 41.8 Å². The van der Waals surface area contributed by atoms with Crippen LogP contribution in [0.4, 0.5) is 13.2 Å². The molecule has 5 nitrogen and oxygen atoms in total. The van der Waals surface area contributed by atoms with Crippen LogP contribution < -0.4 is 10.1 Å². The van der Waals surface area contributed by atoms with Gasteiger partial charge in [0.1, 0.15) is 11.8 Å². The average molecular weight is 455 g/mol. The summed E-state index contributed by atoms with van der Waals surface area (Å²) in [5, 5.41) is 4.56. The van der Waals surface area contributed by atoms with Crippen molar-refractivity contribution < 1.29 is 27.5 Å². The van der Waals surface area contributed by atoms with E-state index in [0.29, 0.717) is 21.1 Å². The SMILES string of the molecule is COc1ccc(CN(C(=O)C(F)(F)F)[C@H](C(=O)NC2CCCCC2)c2cccs2)cc1. The Morgan fingerprint density at radius 2 is 1.84 bits per heavy atom. The molecule has 2 aromatic rings. The fourth-order valence-corrected chi connectivity index (χ4v) is 4.60. The Labute approximate surface area is 183 Å². The molecule has 1 aromatic carbocycles. The molecule has 0 bridgehead atoms. The maximum absolute atomic E-state index is 13.5. The first-order valence-electron chi connectivity index (χ1n) is 10.1. The Hall–Kier alpha value is -2.55. The lowest BCUT2D eigenvalue weighted by Gasteiger charge is -2.33. The highest BCUT2D eigenvalue weighted by molar-refractivity contribution is 7.10. The van der Waals surface area contributed by atoms with Crippen molar-refractivity contribution in [2.75, 3.05) is 7.11 Å². The van der Waals surface area contributed by atoms with Gasteiger partial charge in [0.25, 0.3) is 0 Å². The number of halogens is 3. The van der Waals surface area contributed by atoms with Crippen molar-refractivity contribution in [3.05, 3.63) is 52.2 Å². The van der Waals surface area contributed by atoms with Crippen LogP contribution in [0, 0.1) is 0 Å². The number of amides is 2. The third-order valence-corrected chi connectivity index (χ3v) is 6.26. The van der Waals surface area contributed by atoms with Crippen LogP contribution in [0.25, 0.3) is 0 Å². The molecule has 3 rings (SSSR count). The molecule has 0 spiro atoms. The quantitative estimate of drug-likeness (QED) is 0.652. The summed E-state index contributed by atoms with van der Waals surface area (Å²) in [7, 11) is 1.48. The first-order valence-corrected chi connectivity index (χ1v) is 11.0. The number of hydrogen-bond donors (Lipinski definition) is 1. The second kappa shape index (κ2) is 10.2. The van der Waals surface area contributed by atoms with Gasteiger partial charge in [-0.1, -0.05) is 37.5 Å². The van der Waals surface area contributed by atoms with E-state index in [1.165, 1.54) is 7.11 Å². The smallest absolute Gasteiger partial charge is 0.471 e. The second-order valence-corrected chi connectivity index (χ2v) is 8.52. The standard InChI is InChI=1S/C22H25F3N2O3S/c1-30-17-11-9-15(10-12-17)14-27(21(29)22(23,24)25)19(18-8-5-13-31-18)20(28)26-16-6-3-2-4-7-16/h5,8-13,16,19H,2-4,6-7,14H2,1H3,(H,26,28)/t19-/m0/s1. The van der Waals surface area contributed by atoms with Gasteiger partial charge in [-0.15, -0.1) is 11.3 Å². The van der Waals surface area contributed by atoms with Crippen LogP contribution in [-0.4, -0.2) is 36.0 Å². The molecule has 1 fully saturated rings. The van der Waals surface area contributed by atoms with Crippen LogP contribution in [0.5, 0.6) is 5.75 Å². The first-order chi connectivity index (χ1) is 14.8. The van der Waals surface area contributed by atoms with E-state index in [0.717, 1.165) is 43.4 Å². The fourth-order valence-electron chi connectivity index (χ4n) is 3.77. The Bertz CT molecular complexity index is 863. The average Bonchev–Trinajstić information content (AvgIpc) is 3.27. The molecule has 1 aliphatic rings. The van der Waals surface area contributed by atoms with E-state index in [2.05, 4.69) is 5.32 Å². The molecule has 1 saturated carbocycles. The van der Waals surface area contributed by atoms with Gasteiger partial charge in [0.15, 0.2) is 0 Å². The van der Waals surface area contributed by atoms with Crippen molar-refractivity contribution in [2.24, 2.45) is 0 Å². The minimum absolute atomic E-state index is 0.0902. The lowest BCUT2D eigenvalue weighted by molar-refractivity contribution is -0.189. The summed E-state index contributed by atoms with van der Waals surface area (Å²) in [4.78, 5) is 26.6. The van der Waals surface area contributed by atoms with Gasteiger partial charge in [-0.25, -0.2) is 0 Å². The Morgan fingerprint density at radius 3 is 2.39 bits per heavy atom. The van der Waals surface area contributed by atoms with Gasteiger partial charge in [0.2, 0.25) is 5.91 Å². The molecule has 0 radical (unpaired) electrons. The predicted molar refractivity (Wildman–Crippen MR) is 112 cm³/mol. The number of hydrogen-bond acceptors (Lipinski definition) is 4. The van der Waals surface area contributed by atoms with E-state index in [1.807, 2.05) is 0 Å². The van der Waals surface area contributed by atoms with Crippen molar-refractivity contribution in [3.63, 3.8) is 0 Å². The number of methoxy groups -OCH3 is 1. The predicted octanol–water partition coefficient (Wildman–Crippen LogP) is 4.84. The van der Waals surface area contributed by atoms with Gasteiger partial charge < -0.3 is 15.0 Å². The molecule has 0 unspecified atom stereocenters. The summed E-state index contributed by atoms with van der Waals surface area (Å²) in [5.74, 6) is -2.08. The van der Waals surface area contributed by atoms with Crippen LogP contribution in [0.2, 0.25) is 0 Å². The largest absolute Gasteiger partial charge is 0.497 e. The van der Waals surface area contributed by atoms with Gasteiger partial charge in [-0.05, 0) is 42.0 Å². The molecule has 0 saturated heterocycles. The van der Waals surface area contributed by atoms with Crippen LogP contribution in [0.3, 0.4) is 0 Å². The second-order valence-electron chi connectivity index (χ2n) is 7.54. The zero-order valence-corrected chi connectivity index (χ0v) is 18.0. The number of benzene rings is 1. The third kappa shape index (κ3) is 6.00. The molecule has 2 amide bonds. The number of ether oxygens (including phenoxy) is 1. The molecular formula is C22H25F3N2O3S. The Kier molecular flexibility index (Phi) is 7.59. The van der Waals surface area contributed by atoms with Gasteiger partial charge in [-0.3, -0.25) is 9.59 Å². The van der Waals surface area contributed by atoms with Gasteiger partial charge in [0, 0.05) is 17.5 Å². The highest BCUT2D eigenvalue weighted by atomic mass is 32.1. The molecular weight excluding hydrogens is 429 g/mol. The van der Waals surface area contributed by atoms with Crippen molar-refractivity contribution in [3.8, 4) is 5.75 Å². The van der Waals surface area contributed by atoms with E-state index < -0.39 is 24.0 Å². The monoisotopic (exact) mass is 454 g/mol. The molecule has 1 N–H and O–H groups in total. The molecule has 31 heavy (non-hydrogen) atoms. The van der Waals surface area contributed by atoms with Gasteiger partial charge >= 0.3 is 12.1 Å². The Balaban J connectivity index is 1.93. The van der Waals surface area contributed by atoms with Crippen molar-refractivity contribution in [1.29, 1.82) is 0 Å². The summed E-state index contributed by atoms with van der Waals surface area (Å²) in [5.41, 5.74) is 0.463. The summed E-state index contributed by atoms with van der Waals surface area (Å²) >= 11 is 1.15. The highest BCUT2D eigenvalue weighted by Crippen LogP contribution is 2.32. The van der Waals surface area contributed by atoms with Gasteiger partial charge in [-0.2, -0.15) is 13.2 Å². The number of nitrogens with zero attached hydrogens (tertiary/aromatic N) is 1. The molecule has 0 aliphatic heterocycles. The van der Waals surface area contributed by atoms with Crippen LogP contribution >= 0.6 is 11.3 Å². The topological polar surface area (TPSA) is 58.6 Å². The van der Waals surface area contributed by atoms with E-state index in [-0.39, 0.29) is 12.6 Å². The molecule has 1 heterocycles. The minimum Gasteiger partial charge on any atom is -0.497 e. The highest BCUT2D eigenvalue weighted by Gasteiger charge is 2.47. The zero-order valence-electron chi connectivity index (χ0n) is 17.2. The normalized spacial score (nSPS) is 15.9. The minimum atomic E-state index is -5.10. The van der Waals surface area contributed by atoms with Gasteiger partial charge in [0.05, 0.1) is 7.11 Å². The van der Waals surface area contributed by atoms with Crippen molar-refractivity contribution >= 4 is 23.2 Å². The van der Waals surface area contributed by atoms with Crippen LogP contribution in [-0.2, 0) is 16.1 Å². The maximum Gasteiger partial charge on any atom is 0.471 e. The van der Waals surface area contributed by atoms with Crippen molar-refractivity contribution in [2.45, 2.75) is 56.9 Å². The summed E-state index contributed by atoms with van der Waals surface area (Å²) in [6, 6.07) is 8.16. The summed E-state index contributed by atoms with van der Waals surface area (Å²) in [6.45, 7) is -0.358. The lowest BCUT2D eigenvalue weighted by Crippen LogP contribution is -2.49. The van der Waals surface area contributed by atoms with E-state index >= 15 is 0 Å². The zero-order chi connectivity index (χ0) is 22.4. The summed E-state index contributed by atoms with van der Waals surface area (Å²) < 4.78 is 45.6. The lowest BCUT2D eigenvalue weighted by atomic mass is 9.95. The Morgan fingerprint density at radius 1 is 1.16 bits per heavy atom. The molecule has 9 heteroatoms. The number of alkyl halides is 3. The van der Waals surface area contributed by atoms with E-state index in [9.17, 15) is 22.8 Å². The fraction of sp³-hybridized carbons (Fsp3) is 0.455. The summed E-state index contributed by atoms with van der Waals surface area (Å²) in [6.07, 6.45) is -0.523. The number of carbonyl (C=O) groups excluding carboxylic acids is 2. The number of rotatable bonds is 7. The van der Waals surface area contributed by atoms with Crippen LogP contribution in [0.1, 0.15) is 48.6 Å². The van der Waals surface area contributed by atoms with E-state index in [1.54, 1.807) is 41.8 Å². The molecule has 1 aliphatic carbocycles. The molecule has 168 valence electrons. The number of nitrogens with one attached hydrogen (secondary N) is 1. The third-order valence-electron chi connectivity index (χ3n) is 5.34. The molecule has 1 atom stereocenters. The van der Waals surface area contributed by atoms with E-state index in [4.69, 9.17) is 4.74 Å². The number of thiophene rings is 1. The maximum atomic E-state index is 13.5. The van der Waals surface area contributed by atoms with Crippen molar-refractivity contribution in [1.82, 2.24) is 10.2 Å².